The molecule has 0 saturated heterocycles. The van der Waals surface area contributed by atoms with Gasteiger partial charge in [-0.3, -0.25) is 0 Å². The largest absolute Gasteiger partial charge is 0.371 e. The first-order valence-electron chi connectivity index (χ1n) is 6.69. The van der Waals surface area contributed by atoms with Crippen molar-refractivity contribution in [1.29, 1.82) is 0 Å². The molecule has 2 nitrogen and oxygen atoms in total. The highest BCUT2D eigenvalue weighted by molar-refractivity contribution is 6.30. The van der Waals surface area contributed by atoms with Gasteiger partial charge in [-0.2, -0.15) is 0 Å². The molecule has 0 aliphatic rings. The van der Waals surface area contributed by atoms with E-state index in [4.69, 9.17) is 11.6 Å². The SMILES string of the molecule is CCNCc1cc(Cl)ccc1N(C)C(C)C(C)C. The Morgan fingerprint density at radius 1 is 1.28 bits per heavy atom. The molecule has 0 aliphatic carbocycles. The second-order valence-corrected chi connectivity index (χ2v) is 5.59. The van der Waals surface area contributed by atoms with Crippen molar-refractivity contribution < 1.29 is 0 Å². The van der Waals surface area contributed by atoms with Crippen molar-refractivity contribution in [1.82, 2.24) is 5.32 Å². The van der Waals surface area contributed by atoms with Gasteiger partial charge in [-0.15, -0.1) is 0 Å². The van der Waals surface area contributed by atoms with Crippen LogP contribution in [0.2, 0.25) is 5.02 Å². The second-order valence-electron chi connectivity index (χ2n) is 5.15. The molecule has 1 aromatic rings. The first-order chi connectivity index (χ1) is 8.47. The Morgan fingerprint density at radius 3 is 2.50 bits per heavy atom. The van der Waals surface area contributed by atoms with Gasteiger partial charge in [0.15, 0.2) is 0 Å². The summed E-state index contributed by atoms with van der Waals surface area (Å²) in [6.45, 7) is 10.7. The van der Waals surface area contributed by atoms with E-state index >= 15 is 0 Å². The van der Waals surface area contributed by atoms with Crippen LogP contribution in [0.1, 0.15) is 33.3 Å². The fourth-order valence-electron chi connectivity index (χ4n) is 1.97. The minimum Gasteiger partial charge on any atom is -0.371 e. The highest BCUT2D eigenvalue weighted by Gasteiger charge is 2.16. The number of nitrogens with one attached hydrogen (secondary N) is 1. The minimum absolute atomic E-state index is 0.506. The zero-order valence-electron chi connectivity index (χ0n) is 12.1. The summed E-state index contributed by atoms with van der Waals surface area (Å²) < 4.78 is 0. The maximum Gasteiger partial charge on any atom is 0.0412 e. The summed E-state index contributed by atoms with van der Waals surface area (Å²) in [5, 5.41) is 4.17. The van der Waals surface area contributed by atoms with Gasteiger partial charge < -0.3 is 10.2 Å². The maximum atomic E-state index is 6.10. The van der Waals surface area contributed by atoms with Gasteiger partial charge in [-0.25, -0.2) is 0 Å². The molecule has 0 fully saturated rings. The molecule has 0 saturated carbocycles. The number of anilines is 1. The third kappa shape index (κ3) is 3.89. The van der Waals surface area contributed by atoms with Crippen LogP contribution in [0.15, 0.2) is 18.2 Å². The van der Waals surface area contributed by atoms with Crippen LogP contribution < -0.4 is 10.2 Å². The van der Waals surface area contributed by atoms with Crippen LogP contribution in [0.3, 0.4) is 0 Å². The van der Waals surface area contributed by atoms with Gasteiger partial charge in [0.05, 0.1) is 0 Å². The normalized spacial score (nSPS) is 12.8. The molecule has 3 heteroatoms. The Morgan fingerprint density at radius 2 is 1.94 bits per heavy atom. The Hall–Kier alpha value is -0.730. The van der Waals surface area contributed by atoms with Crippen LogP contribution in [0.5, 0.6) is 0 Å². The Balaban J connectivity index is 2.99. The highest BCUT2D eigenvalue weighted by atomic mass is 35.5. The van der Waals surface area contributed by atoms with Crippen LogP contribution in [0.25, 0.3) is 0 Å². The van der Waals surface area contributed by atoms with E-state index in [0.29, 0.717) is 12.0 Å². The molecule has 0 aromatic heterocycles. The molecular formula is C15H25ClN2. The lowest BCUT2D eigenvalue weighted by Gasteiger charge is -2.32. The molecule has 102 valence electrons. The number of hydrogen-bond acceptors (Lipinski definition) is 2. The van der Waals surface area contributed by atoms with Crippen molar-refractivity contribution >= 4 is 17.3 Å². The molecular weight excluding hydrogens is 244 g/mol. The monoisotopic (exact) mass is 268 g/mol. The van der Waals surface area contributed by atoms with Crippen LogP contribution in [-0.2, 0) is 6.54 Å². The Labute approximate surface area is 116 Å². The molecule has 18 heavy (non-hydrogen) atoms. The van der Waals surface area contributed by atoms with E-state index in [9.17, 15) is 0 Å². The lowest BCUT2D eigenvalue weighted by atomic mass is 10.0. The van der Waals surface area contributed by atoms with E-state index in [1.54, 1.807) is 0 Å². The van der Waals surface area contributed by atoms with Crippen molar-refractivity contribution in [2.75, 3.05) is 18.5 Å². The van der Waals surface area contributed by atoms with Gasteiger partial charge in [-0.05, 0) is 43.1 Å². The first kappa shape index (κ1) is 15.3. The van der Waals surface area contributed by atoms with Crippen LogP contribution in [0.4, 0.5) is 5.69 Å². The highest BCUT2D eigenvalue weighted by Crippen LogP contribution is 2.26. The molecule has 1 unspecified atom stereocenters. The van der Waals surface area contributed by atoms with Gasteiger partial charge in [0.2, 0.25) is 0 Å². The van der Waals surface area contributed by atoms with Crippen molar-refractivity contribution in [3.63, 3.8) is 0 Å². The van der Waals surface area contributed by atoms with E-state index in [1.807, 2.05) is 6.07 Å². The summed E-state index contributed by atoms with van der Waals surface area (Å²) in [6.07, 6.45) is 0. The minimum atomic E-state index is 0.506. The van der Waals surface area contributed by atoms with Crippen molar-refractivity contribution in [3.8, 4) is 0 Å². The summed E-state index contributed by atoms with van der Waals surface area (Å²) in [5.74, 6) is 0.623. The molecule has 0 amide bonds. The lowest BCUT2D eigenvalue weighted by molar-refractivity contribution is 0.504. The fraction of sp³-hybridized carbons (Fsp3) is 0.600. The van der Waals surface area contributed by atoms with E-state index in [2.05, 4.69) is 57.1 Å². The second kappa shape index (κ2) is 7.01. The van der Waals surface area contributed by atoms with Crippen molar-refractivity contribution in [2.45, 2.75) is 40.3 Å². The summed E-state index contributed by atoms with van der Waals surface area (Å²) in [4.78, 5) is 2.34. The van der Waals surface area contributed by atoms with Gasteiger partial charge in [-0.1, -0.05) is 32.4 Å². The number of halogens is 1. The average Bonchev–Trinajstić information content (AvgIpc) is 2.34. The molecule has 0 heterocycles. The smallest absolute Gasteiger partial charge is 0.0412 e. The van der Waals surface area contributed by atoms with E-state index in [-0.39, 0.29) is 0 Å². The van der Waals surface area contributed by atoms with Crippen LogP contribution in [-0.4, -0.2) is 19.6 Å². The maximum absolute atomic E-state index is 6.10. The van der Waals surface area contributed by atoms with E-state index in [1.165, 1.54) is 11.3 Å². The molecule has 0 spiro atoms. The van der Waals surface area contributed by atoms with Crippen LogP contribution >= 0.6 is 11.6 Å². The molecule has 1 rings (SSSR count). The zero-order chi connectivity index (χ0) is 13.7. The van der Waals surface area contributed by atoms with Crippen LogP contribution in [0, 0.1) is 5.92 Å². The zero-order valence-corrected chi connectivity index (χ0v) is 12.9. The van der Waals surface area contributed by atoms with Gasteiger partial charge in [0.25, 0.3) is 0 Å². The number of hydrogen-bond donors (Lipinski definition) is 1. The average molecular weight is 269 g/mol. The van der Waals surface area contributed by atoms with E-state index < -0.39 is 0 Å². The number of nitrogens with zero attached hydrogens (tertiary/aromatic N) is 1. The summed E-state index contributed by atoms with van der Waals surface area (Å²) in [6, 6.07) is 6.65. The fourth-order valence-corrected chi connectivity index (χ4v) is 2.16. The molecule has 1 atom stereocenters. The molecule has 1 N–H and O–H groups in total. The number of rotatable bonds is 6. The van der Waals surface area contributed by atoms with Gasteiger partial charge in [0.1, 0.15) is 0 Å². The predicted octanol–water partition coefficient (Wildman–Crippen LogP) is 3.93. The summed E-state index contributed by atoms with van der Waals surface area (Å²) in [7, 11) is 2.16. The van der Waals surface area contributed by atoms with Crippen molar-refractivity contribution in [3.05, 3.63) is 28.8 Å². The number of benzene rings is 1. The summed E-state index contributed by atoms with van der Waals surface area (Å²) in [5.41, 5.74) is 2.53. The van der Waals surface area contributed by atoms with Gasteiger partial charge in [0, 0.05) is 30.3 Å². The Bertz CT molecular complexity index is 377. The third-order valence-corrected chi connectivity index (χ3v) is 3.80. The third-order valence-electron chi connectivity index (χ3n) is 3.56. The van der Waals surface area contributed by atoms with Gasteiger partial charge >= 0.3 is 0 Å². The topological polar surface area (TPSA) is 15.3 Å². The molecule has 0 radical (unpaired) electrons. The predicted molar refractivity (Wildman–Crippen MR) is 81.5 cm³/mol. The lowest BCUT2D eigenvalue weighted by Crippen LogP contribution is -2.34. The quantitative estimate of drug-likeness (QED) is 0.841. The molecule has 1 aromatic carbocycles. The van der Waals surface area contributed by atoms with E-state index in [0.717, 1.165) is 18.1 Å². The summed E-state index contributed by atoms with van der Waals surface area (Å²) >= 11 is 6.10. The first-order valence-corrected chi connectivity index (χ1v) is 7.07. The molecule has 0 aliphatic heterocycles. The Kier molecular flexibility index (Phi) is 5.97. The standard InChI is InChI=1S/C15H25ClN2/c1-6-17-10-13-9-14(16)7-8-15(13)18(5)12(4)11(2)3/h7-9,11-12,17H,6,10H2,1-5H3. The van der Waals surface area contributed by atoms with Crippen molar-refractivity contribution in [2.24, 2.45) is 5.92 Å². The molecule has 0 bridgehead atoms.